The van der Waals surface area contributed by atoms with Gasteiger partial charge in [0.15, 0.2) is 6.10 Å². The maximum Gasteiger partial charge on any atom is 0.265 e. The first-order valence-electron chi connectivity index (χ1n) is 9.52. The van der Waals surface area contributed by atoms with Crippen LogP contribution in [0, 0.1) is 0 Å². The number of anilines is 1. The van der Waals surface area contributed by atoms with E-state index < -0.39 is 6.10 Å². The van der Waals surface area contributed by atoms with Crippen molar-refractivity contribution in [3.05, 3.63) is 84.4 Å². The maximum absolute atomic E-state index is 12.4. The van der Waals surface area contributed by atoms with Gasteiger partial charge in [0.2, 0.25) is 0 Å². The molecule has 0 bridgehead atoms. The highest BCUT2D eigenvalue weighted by atomic mass is 16.5. The van der Waals surface area contributed by atoms with Gasteiger partial charge in [-0.3, -0.25) is 4.79 Å². The van der Waals surface area contributed by atoms with Gasteiger partial charge in [0.25, 0.3) is 5.91 Å². The molecule has 1 atom stereocenters. The molecule has 5 heteroatoms. The zero-order valence-electron chi connectivity index (χ0n) is 16.6. The molecular weight excluding hydrogens is 366 g/mol. The fourth-order valence-corrected chi connectivity index (χ4v) is 2.72. The summed E-state index contributed by atoms with van der Waals surface area (Å²) in [6.07, 6.45) is 0.213. The zero-order valence-corrected chi connectivity index (χ0v) is 16.6. The van der Waals surface area contributed by atoms with Crippen LogP contribution in [0.2, 0.25) is 0 Å². The van der Waals surface area contributed by atoms with Crippen LogP contribution in [0.15, 0.2) is 78.9 Å². The summed E-state index contributed by atoms with van der Waals surface area (Å²) in [4.78, 5) is 12.4. The van der Waals surface area contributed by atoms with Crippen molar-refractivity contribution in [3.63, 3.8) is 0 Å². The SMILES string of the molecule is COc1ccc(OC(C)C(=O)Nc2ccc(OCCc3ccccc3)cc2)cc1. The van der Waals surface area contributed by atoms with Crippen molar-refractivity contribution >= 4 is 11.6 Å². The van der Waals surface area contributed by atoms with Crippen LogP contribution < -0.4 is 19.5 Å². The standard InChI is InChI=1S/C24H25NO4/c1-18(29-23-14-12-21(27-2)13-15-23)24(26)25-20-8-10-22(11-9-20)28-17-16-19-6-4-3-5-7-19/h3-15,18H,16-17H2,1-2H3,(H,25,26). The summed E-state index contributed by atoms with van der Waals surface area (Å²) in [6, 6.07) is 24.6. The van der Waals surface area contributed by atoms with Crippen molar-refractivity contribution < 1.29 is 19.0 Å². The molecule has 3 rings (SSSR count). The van der Waals surface area contributed by atoms with Crippen LogP contribution in [-0.4, -0.2) is 25.7 Å². The van der Waals surface area contributed by atoms with Crippen LogP contribution >= 0.6 is 0 Å². The first-order chi connectivity index (χ1) is 14.1. The number of carbonyl (C=O) groups excluding carboxylic acids is 1. The number of rotatable bonds is 9. The predicted octanol–water partition coefficient (Wildman–Crippen LogP) is 4.72. The Hall–Kier alpha value is -3.47. The van der Waals surface area contributed by atoms with Gasteiger partial charge >= 0.3 is 0 Å². The minimum Gasteiger partial charge on any atom is -0.497 e. The smallest absolute Gasteiger partial charge is 0.265 e. The minimum absolute atomic E-state index is 0.224. The first-order valence-corrected chi connectivity index (χ1v) is 9.52. The second-order valence-electron chi connectivity index (χ2n) is 6.53. The van der Waals surface area contributed by atoms with Gasteiger partial charge < -0.3 is 19.5 Å². The quantitative estimate of drug-likeness (QED) is 0.573. The summed E-state index contributed by atoms with van der Waals surface area (Å²) in [5.41, 5.74) is 1.93. The lowest BCUT2D eigenvalue weighted by molar-refractivity contribution is -0.122. The lowest BCUT2D eigenvalue weighted by atomic mass is 10.2. The van der Waals surface area contributed by atoms with Crippen LogP contribution in [-0.2, 0) is 11.2 Å². The molecule has 1 unspecified atom stereocenters. The number of ether oxygens (including phenoxy) is 3. The topological polar surface area (TPSA) is 56.8 Å². The molecule has 0 aliphatic carbocycles. The number of amides is 1. The Balaban J connectivity index is 1.45. The molecule has 3 aromatic rings. The molecule has 29 heavy (non-hydrogen) atoms. The van der Waals surface area contributed by atoms with Crippen LogP contribution in [0.4, 0.5) is 5.69 Å². The van der Waals surface area contributed by atoms with Crippen LogP contribution in [0.5, 0.6) is 17.2 Å². The van der Waals surface area contributed by atoms with Crippen LogP contribution in [0.1, 0.15) is 12.5 Å². The van der Waals surface area contributed by atoms with Gasteiger partial charge in [-0.05, 0) is 61.0 Å². The van der Waals surface area contributed by atoms with E-state index >= 15 is 0 Å². The number of carbonyl (C=O) groups is 1. The van der Waals surface area contributed by atoms with Gasteiger partial charge in [0.1, 0.15) is 17.2 Å². The van der Waals surface area contributed by atoms with Gasteiger partial charge in [-0.15, -0.1) is 0 Å². The van der Waals surface area contributed by atoms with E-state index in [-0.39, 0.29) is 5.91 Å². The lowest BCUT2D eigenvalue weighted by Crippen LogP contribution is -2.30. The molecule has 1 N–H and O–H groups in total. The summed E-state index contributed by atoms with van der Waals surface area (Å²) in [5.74, 6) is 1.89. The van der Waals surface area contributed by atoms with Crippen LogP contribution in [0.25, 0.3) is 0 Å². The van der Waals surface area contributed by atoms with Gasteiger partial charge in [-0.1, -0.05) is 30.3 Å². The molecule has 0 heterocycles. The van der Waals surface area contributed by atoms with E-state index in [2.05, 4.69) is 17.4 Å². The molecule has 5 nitrogen and oxygen atoms in total. The molecule has 0 aromatic heterocycles. The van der Waals surface area contributed by atoms with Crippen molar-refractivity contribution in [2.75, 3.05) is 19.0 Å². The Morgan fingerprint density at radius 3 is 2.14 bits per heavy atom. The zero-order chi connectivity index (χ0) is 20.5. The van der Waals surface area contributed by atoms with E-state index in [1.807, 2.05) is 42.5 Å². The molecule has 1 amide bonds. The van der Waals surface area contributed by atoms with Crippen molar-refractivity contribution in [1.82, 2.24) is 0 Å². The Morgan fingerprint density at radius 1 is 0.862 bits per heavy atom. The molecule has 0 aliphatic heterocycles. The Labute approximate surface area is 171 Å². The molecule has 0 saturated heterocycles. The predicted molar refractivity (Wildman–Crippen MR) is 114 cm³/mol. The van der Waals surface area contributed by atoms with Gasteiger partial charge in [-0.25, -0.2) is 0 Å². The third-order valence-corrected chi connectivity index (χ3v) is 4.37. The number of benzene rings is 3. The fraction of sp³-hybridized carbons (Fsp3) is 0.208. The largest absolute Gasteiger partial charge is 0.497 e. The Kier molecular flexibility index (Phi) is 7.11. The summed E-state index contributed by atoms with van der Waals surface area (Å²) < 4.78 is 16.6. The highest BCUT2D eigenvalue weighted by Gasteiger charge is 2.15. The number of hydrogen-bond acceptors (Lipinski definition) is 4. The average molecular weight is 391 g/mol. The molecule has 0 spiro atoms. The van der Waals surface area contributed by atoms with Gasteiger partial charge in [-0.2, -0.15) is 0 Å². The van der Waals surface area contributed by atoms with E-state index in [0.29, 0.717) is 18.0 Å². The monoisotopic (exact) mass is 391 g/mol. The molecule has 150 valence electrons. The summed E-state index contributed by atoms with van der Waals surface area (Å²) in [5, 5.41) is 2.85. The average Bonchev–Trinajstić information content (AvgIpc) is 2.76. The third kappa shape index (κ3) is 6.28. The van der Waals surface area contributed by atoms with E-state index in [9.17, 15) is 4.79 Å². The Bertz CT molecular complexity index is 892. The molecule has 0 fully saturated rings. The van der Waals surface area contributed by atoms with Crippen molar-refractivity contribution in [2.24, 2.45) is 0 Å². The van der Waals surface area contributed by atoms with Gasteiger partial charge in [0, 0.05) is 12.1 Å². The normalized spacial score (nSPS) is 11.4. The second kappa shape index (κ2) is 10.2. The van der Waals surface area contributed by atoms with E-state index in [0.717, 1.165) is 17.9 Å². The molecule has 0 saturated carbocycles. The van der Waals surface area contributed by atoms with E-state index in [4.69, 9.17) is 14.2 Å². The van der Waals surface area contributed by atoms with E-state index in [1.54, 1.807) is 38.3 Å². The summed E-state index contributed by atoms with van der Waals surface area (Å²) in [7, 11) is 1.60. The highest BCUT2D eigenvalue weighted by molar-refractivity contribution is 5.94. The third-order valence-electron chi connectivity index (χ3n) is 4.37. The fourth-order valence-electron chi connectivity index (χ4n) is 2.72. The second-order valence-corrected chi connectivity index (χ2v) is 6.53. The minimum atomic E-state index is -0.634. The highest BCUT2D eigenvalue weighted by Crippen LogP contribution is 2.19. The first kappa shape index (κ1) is 20.3. The Morgan fingerprint density at radius 2 is 1.48 bits per heavy atom. The molecule has 0 aliphatic rings. The number of nitrogens with one attached hydrogen (secondary N) is 1. The van der Waals surface area contributed by atoms with E-state index in [1.165, 1.54) is 5.56 Å². The van der Waals surface area contributed by atoms with Crippen molar-refractivity contribution in [3.8, 4) is 17.2 Å². The van der Waals surface area contributed by atoms with Crippen molar-refractivity contribution in [2.45, 2.75) is 19.4 Å². The maximum atomic E-state index is 12.4. The number of hydrogen-bond donors (Lipinski definition) is 1. The lowest BCUT2D eigenvalue weighted by Gasteiger charge is -2.15. The summed E-state index contributed by atoms with van der Waals surface area (Å²) in [6.45, 7) is 2.31. The van der Waals surface area contributed by atoms with Crippen molar-refractivity contribution in [1.29, 1.82) is 0 Å². The summed E-state index contributed by atoms with van der Waals surface area (Å²) >= 11 is 0. The molecule has 0 radical (unpaired) electrons. The molecular formula is C24H25NO4. The van der Waals surface area contributed by atoms with Crippen LogP contribution in [0.3, 0.4) is 0 Å². The van der Waals surface area contributed by atoms with Gasteiger partial charge in [0.05, 0.1) is 13.7 Å². The number of methoxy groups -OCH3 is 1. The molecule has 3 aromatic carbocycles.